The Balaban J connectivity index is 1.69. The first-order chi connectivity index (χ1) is 9.33. The van der Waals surface area contributed by atoms with Gasteiger partial charge in [0.05, 0.1) is 4.88 Å². The van der Waals surface area contributed by atoms with Gasteiger partial charge in [0.25, 0.3) is 0 Å². The smallest absolute Gasteiger partial charge is 0.167 e. The lowest BCUT2D eigenvalue weighted by Crippen LogP contribution is -2.23. The van der Waals surface area contributed by atoms with Crippen molar-refractivity contribution >= 4 is 11.3 Å². The number of aryl methyl sites for hydroxylation is 1. The van der Waals surface area contributed by atoms with Crippen molar-refractivity contribution in [2.75, 3.05) is 13.1 Å². The summed E-state index contributed by atoms with van der Waals surface area (Å²) >= 11 is 1.84. The van der Waals surface area contributed by atoms with Crippen molar-refractivity contribution in [2.45, 2.75) is 32.2 Å². The van der Waals surface area contributed by atoms with E-state index in [2.05, 4.69) is 27.1 Å². The second-order valence-corrected chi connectivity index (χ2v) is 6.33. The maximum Gasteiger partial charge on any atom is 0.167 e. The number of likely N-dealkylation sites (tertiary alicyclic amines) is 1. The molecule has 1 aliphatic heterocycles. The molecule has 0 bridgehead atoms. The Morgan fingerprint density at radius 2 is 1.95 bits per heavy atom. The van der Waals surface area contributed by atoms with E-state index >= 15 is 0 Å². The van der Waals surface area contributed by atoms with Crippen molar-refractivity contribution in [2.24, 2.45) is 7.05 Å². The van der Waals surface area contributed by atoms with Crippen LogP contribution in [0.15, 0.2) is 18.5 Å². The molecule has 1 fully saturated rings. The summed E-state index contributed by atoms with van der Waals surface area (Å²) in [6.45, 7) is 3.58. The lowest BCUT2D eigenvalue weighted by Gasteiger charge is -2.18. The molecule has 1 aliphatic rings. The topological polar surface area (TPSA) is 34.0 Å². The zero-order valence-corrected chi connectivity index (χ0v) is 12.2. The van der Waals surface area contributed by atoms with Gasteiger partial charge in [-0.25, -0.2) is 9.67 Å². The van der Waals surface area contributed by atoms with Gasteiger partial charge in [0.1, 0.15) is 6.33 Å². The van der Waals surface area contributed by atoms with Gasteiger partial charge in [-0.15, -0.1) is 11.3 Å². The van der Waals surface area contributed by atoms with Gasteiger partial charge in [-0.05, 0) is 38.1 Å². The van der Waals surface area contributed by atoms with Gasteiger partial charge in [-0.1, -0.05) is 12.8 Å². The van der Waals surface area contributed by atoms with Crippen LogP contribution >= 0.6 is 11.3 Å². The van der Waals surface area contributed by atoms with Crippen molar-refractivity contribution < 1.29 is 0 Å². The van der Waals surface area contributed by atoms with Crippen LogP contribution in [0.4, 0.5) is 0 Å². The molecule has 0 amide bonds. The standard InChI is InChI=1S/C14H20N4S/c1-17-14(15-11-16-17)13-7-6-12(19-13)10-18-8-4-2-3-5-9-18/h6-7,11H,2-5,8-10H2,1H3. The number of aromatic nitrogens is 3. The fourth-order valence-electron chi connectivity index (χ4n) is 2.62. The number of nitrogens with zero attached hydrogens (tertiary/aromatic N) is 4. The molecular formula is C14H20N4S. The molecule has 2 aromatic heterocycles. The van der Waals surface area contributed by atoms with Gasteiger partial charge in [-0.2, -0.15) is 5.10 Å². The van der Waals surface area contributed by atoms with E-state index in [0.717, 1.165) is 12.4 Å². The molecule has 0 radical (unpaired) electrons. The quantitative estimate of drug-likeness (QED) is 0.864. The average molecular weight is 276 g/mol. The van der Waals surface area contributed by atoms with Crippen LogP contribution in [0.2, 0.25) is 0 Å². The van der Waals surface area contributed by atoms with Crippen LogP contribution < -0.4 is 0 Å². The van der Waals surface area contributed by atoms with Crippen LogP contribution in [0.1, 0.15) is 30.6 Å². The Bertz CT molecular complexity index is 523. The molecule has 4 nitrogen and oxygen atoms in total. The Kier molecular flexibility index (Phi) is 3.94. The summed E-state index contributed by atoms with van der Waals surface area (Å²) < 4.78 is 1.83. The largest absolute Gasteiger partial charge is 0.298 e. The van der Waals surface area contributed by atoms with E-state index in [-0.39, 0.29) is 0 Å². The van der Waals surface area contributed by atoms with Gasteiger partial charge in [0, 0.05) is 18.5 Å². The van der Waals surface area contributed by atoms with Gasteiger partial charge in [0.2, 0.25) is 0 Å². The molecule has 2 aromatic rings. The van der Waals surface area contributed by atoms with Crippen molar-refractivity contribution in [3.8, 4) is 10.7 Å². The Hall–Kier alpha value is -1.20. The molecule has 1 saturated heterocycles. The number of hydrogen-bond acceptors (Lipinski definition) is 4. The summed E-state index contributed by atoms with van der Waals surface area (Å²) in [5.74, 6) is 0.965. The molecule has 0 aromatic carbocycles. The molecule has 0 saturated carbocycles. The van der Waals surface area contributed by atoms with Gasteiger partial charge in [-0.3, -0.25) is 4.90 Å². The summed E-state index contributed by atoms with van der Waals surface area (Å²) in [6, 6.07) is 4.40. The summed E-state index contributed by atoms with van der Waals surface area (Å²) in [5, 5.41) is 4.13. The van der Waals surface area contributed by atoms with E-state index in [1.807, 2.05) is 23.1 Å². The predicted molar refractivity (Wildman–Crippen MR) is 78.1 cm³/mol. The fraction of sp³-hybridized carbons (Fsp3) is 0.571. The first kappa shape index (κ1) is 12.8. The molecule has 3 rings (SSSR count). The first-order valence-corrected chi connectivity index (χ1v) is 7.80. The zero-order chi connectivity index (χ0) is 13.1. The third-order valence-corrected chi connectivity index (χ3v) is 4.74. The van der Waals surface area contributed by atoms with Crippen LogP contribution in [0, 0.1) is 0 Å². The zero-order valence-electron chi connectivity index (χ0n) is 11.4. The van der Waals surface area contributed by atoms with E-state index in [9.17, 15) is 0 Å². The van der Waals surface area contributed by atoms with E-state index in [1.165, 1.54) is 48.5 Å². The highest BCUT2D eigenvalue weighted by atomic mass is 32.1. The molecule has 0 aliphatic carbocycles. The molecule has 5 heteroatoms. The molecule has 102 valence electrons. The third-order valence-electron chi connectivity index (χ3n) is 3.67. The fourth-order valence-corrected chi connectivity index (χ4v) is 3.69. The summed E-state index contributed by atoms with van der Waals surface area (Å²) in [7, 11) is 1.94. The lowest BCUT2D eigenvalue weighted by molar-refractivity contribution is 0.279. The minimum atomic E-state index is 0.965. The van der Waals surface area contributed by atoms with Crippen LogP contribution in [-0.4, -0.2) is 32.8 Å². The predicted octanol–water partition coefficient (Wildman–Crippen LogP) is 2.92. The molecular weight excluding hydrogens is 256 g/mol. The Labute approximate surface area is 118 Å². The number of hydrogen-bond donors (Lipinski definition) is 0. The average Bonchev–Trinajstić information content (AvgIpc) is 2.93. The normalized spacial score (nSPS) is 17.5. The van der Waals surface area contributed by atoms with Crippen LogP contribution in [0.5, 0.6) is 0 Å². The Morgan fingerprint density at radius 1 is 1.16 bits per heavy atom. The molecule has 0 N–H and O–H groups in total. The Morgan fingerprint density at radius 3 is 2.63 bits per heavy atom. The molecule has 0 unspecified atom stereocenters. The first-order valence-electron chi connectivity index (χ1n) is 6.98. The lowest BCUT2D eigenvalue weighted by atomic mass is 10.2. The number of rotatable bonds is 3. The van der Waals surface area contributed by atoms with E-state index < -0.39 is 0 Å². The maximum absolute atomic E-state index is 4.31. The van der Waals surface area contributed by atoms with Gasteiger partial charge in [0.15, 0.2) is 5.82 Å². The molecule has 19 heavy (non-hydrogen) atoms. The second kappa shape index (κ2) is 5.84. The highest BCUT2D eigenvalue weighted by molar-refractivity contribution is 7.15. The van der Waals surface area contributed by atoms with Gasteiger partial charge >= 0.3 is 0 Å². The van der Waals surface area contributed by atoms with E-state index in [1.54, 1.807) is 6.33 Å². The number of thiophene rings is 1. The highest BCUT2D eigenvalue weighted by Crippen LogP contribution is 2.27. The molecule has 0 atom stereocenters. The monoisotopic (exact) mass is 276 g/mol. The summed E-state index contributed by atoms with van der Waals surface area (Å²) in [4.78, 5) is 9.54. The summed E-state index contributed by atoms with van der Waals surface area (Å²) in [6.07, 6.45) is 7.10. The van der Waals surface area contributed by atoms with E-state index in [0.29, 0.717) is 0 Å². The maximum atomic E-state index is 4.31. The van der Waals surface area contributed by atoms with Crippen molar-refractivity contribution in [3.05, 3.63) is 23.3 Å². The van der Waals surface area contributed by atoms with Gasteiger partial charge < -0.3 is 0 Å². The van der Waals surface area contributed by atoms with Crippen molar-refractivity contribution in [1.82, 2.24) is 19.7 Å². The highest BCUT2D eigenvalue weighted by Gasteiger charge is 2.12. The van der Waals surface area contributed by atoms with E-state index in [4.69, 9.17) is 0 Å². The van der Waals surface area contributed by atoms with Crippen molar-refractivity contribution in [3.63, 3.8) is 0 Å². The van der Waals surface area contributed by atoms with Crippen LogP contribution in [-0.2, 0) is 13.6 Å². The minimum absolute atomic E-state index is 0.965. The third kappa shape index (κ3) is 3.04. The van der Waals surface area contributed by atoms with Crippen LogP contribution in [0.25, 0.3) is 10.7 Å². The minimum Gasteiger partial charge on any atom is -0.298 e. The van der Waals surface area contributed by atoms with Crippen molar-refractivity contribution in [1.29, 1.82) is 0 Å². The van der Waals surface area contributed by atoms with Crippen LogP contribution in [0.3, 0.4) is 0 Å². The summed E-state index contributed by atoms with van der Waals surface area (Å²) in [5.41, 5.74) is 0. The SMILES string of the molecule is Cn1ncnc1-c1ccc(CN2CCCCCC2)s1. The second-order valence-electron chi connectivity index (χ2n) is 5.16. The molecule has 0 spiro atoms. The molecule has 3 heterocycles.